The molecule has 4 fully saturated rings. The Hall–Kier alpha value is -6.07. The lowest BCUT2D eigenvalue weighted by atomic mass is 9.45. The number of hydrogen-bond donors (Lipinski definition) is 2. The highest BCUT2D eigenvalue weighted by Gasteiger charge is 2.69. The van der Waals surface area contributed by atoms with Crippen LogP contribution in [-0.4, -0.2) is 102 Å². The minimum absolute atomic E-state index is 0.160. The molecule has 1 saturated carbocycles. The first-order valence-electron chi connectivity index (χ1n) is 21.4. The predicted molar refractivity (Wildman–Crippen MR) is 226 cm³/mol. The first-order chi connectivity index (χ1) is 29.3. The summed E-state index contributed by atoms with van der Waals surface area (Å²) in [6, 6.07) is 17.5. The van der Waals surface area contributed by atoms with Crippen LogP contribution >= 0.6 is 0 Å². The van der Waals surface area contributed by atoms with Crippen LogP contribution in [0.1, 0.15) is 83.9 Å². The molecule has 61 heavy (non-hydrogen) atoms. The van der Waals surface area contributed by atoms with Crippen LogP contribution in [0.2, 0.25) is 0 Å². The molecule has 0 bridgehead atoms. The van der Waals surface area contributed by atoms with Gasteiger partial charge < -0.3 is 24.8 Å². The lowest BCUT2D eigenvalue weighted by molar-refractivity contribution is -0.136. The number of rotatable bonds is 7. The number of nitrogens with one attached hydrogen (secondary N) is 2. The number of carbonyl (C=O) groups is 4. The minimum atomic E-state index is -0.623. The highest BCUT2D eigenvalue weighted by atomic mass is 19.1. The van der Waals surface area contributed by atoms with Gasteiger partial charge in [0.25, 0.3) is 11.8 Å². The van der Waals surface area contributed by atoms with Crippen molar-refractivity contribution in [2.45, 2.75) is 76.6 Å². The quantitative estimate of drug-likeness (QED) is 0.247. The first kappa shape index (κ1) is 39.1. The van der Waals surface area contributed by atoms with Gasteiger partial charge in [-0.25, -0.2) is 4.39 Å². The maximum atomic E-state index is 15.9. The monoisotopic (exact) mass is 824 g/mol. The largest absolute Gasteiger partial charge is 0.488 e. The topological polar surface area (TPSA) is 151 Å². The van der Waals surface area contributed by atoms with E-state index in [0.29, 0.717) is 47.0 Å². The fourth-order valence-corrected chi connectivity index (χ4v) is 11.4. The maximum absolute atomic E-state index is 15.9. The number of halogens is 1. The number of anilines is 2. The molecule has 13 nitrogen and oxygen atoms in total. The van der Waals surface area contributed by atoms with Crippen molar-refractivity contribution in [3.8, 4) is 11.8 Å². The Balaban J connectivity index is 0.726. The molecule has 3 saturated heterocycles. The standard InChI is InChI=1S/C47H49FN8O5/c1-46(2)44(47(3)33-12-15-50-40-29(24-49)5-10-37(39(33)40)61-45(46)47)52-41(58)28-4-8-35(34(48)23-28)55-16-13-27(14-17-55)25-53-18-20-54(21-19-53)31-6-7-32-30(22-31)26-56(43(32)60)36-9-11-38(57)51-42(36)59/h4-8,10,12,15,22-23,27,36,44-45H,9,11,13-14,16-21,25-26H2,1-3H3,(H,52,58)(H,51,57,59)/t36-,44?,45-,47?/m0/s1. The smallest absolute Gasteiger partial charge is 0.255 e. The predicted octanol–water partition coefficient (Wildman–Crippen LogP) is 4.90. The molecule has 5 aliphatic heterocycles. The number of piperidine rings is 2. The van der Waals surface area contributed by atoms with Crippen molar-refractivity contribution in [1.82, 2.24) is 25.4 Å². The second-order valence-corrected chi connectivity index (χ2v) is 18.4. The summed E-state index contributed by atoms with van der Waals surface area (Å²) in [5.74, 6) is -0.414. The van der Waals surface area contributed by atoms with Crippen molar-refractivity contribution >= 4 is 45.9 Å². The summed E-state index contributed by atoms with van der Waals surface area (Å²) in [4.78, 5) is 64.1. The molecule has 10 rings (SSSR count). The molecule has 0 radical (unpaired) electrons. The molecule has 4 aromatic rings. The minimum Gasteiger partial charge on any atom is -0.488 e. The number of nitrogens with zero attached hydrogens (tertiary/aromatic N) is 6. The normalized spacial score (nSPS) is 25.9. The number of pyridine rings is 1. The number of piperazine rings is 1. The van der Waals surface area contributed by atoms with E-state index >= 15 is 4.39 Å². The van der Waals surface area contributed by atoms with Crippen LogP contribution in [0.5, 0.6) is 5.75 Å². The first-order valence-corrected chi connectivity index (χ1v) is 21.4. The molecular formula is C47H49FN8O5. The average molecular weight is 825 g/mol. The van der Waals surface area contributed by atoms with Gasteiger partial charge in [0.1, 0.15) is 29.8 Å². The summed E-state index contributed by atoms with van der Waals surface area (Å²) in [7, 11) is 0. The molecule has 6 aliphatic rings. The van der Waals surface area contributed by atoms with Gasteiger partial charge in [-0.15, -0.1) is 0 Å². The van der Waals surface area contributed by atoms with Crippen LogP contribution in [0.25, 0.3) is 10.9 Å². The number of ether oxygens (including phenoxy) is 1. The van der Waals surface area contributed by atoms with Gasteiger partial charge in [0, 0.05) is 92.6 Å². The summed E-state index contributed by atoms with van der Waals surface area (Å²) < 4.78 is 22.4. The van der Waals surface area contributed by atoms with Gasteiger partial charge in [-0.2, -0.15) is 5.26 Å². The lowest BCUT2D eigenvalue weighted by Crippen LogP contribution is -2.78. The van der Waals surface area contributed by atoms with Crippen LogP contribution in [0.4, 0.5) is 15.8 Å². The van der Waals surface area contributed by atoms with E-state index in [-0.39, 0.29) is 41.9 Å². The molecule has 6 heterocycles. The Kier molecular flexibility index (Phi) is 9.32. The third kappa shape index (κ3) is 6.30. The number of carbonyl (C=O) groups excluding carboxylic acids is 4. The molecule has 4 atom stereocenters. The summed E-state index contributed by atoms with van der Waals surface area (Å²) in [6.45, 7) is 12.6. The van der Waals surface area contributed by atoms with Gasteiger partial charge in [-0.1, -0.05) is 13.8 Å². The second-order valence-electron chi connectivity index (χ2n) is 18.4. The Labute approximate surface area is 353 Å². The Morgan fingerprint density at radius 2 is 1.75 bits per heavy atom. The maximum Gasteiger partial charge on any atom is 0.255 e. The van der Waals surface area contributed by atoms with E-state index in [9.17, 15) is 24.4 Å². The third-order valence-electron chi connectivity index (χ3n) is 14.6. The molecular weight excluding hydrogens is 776 g/mol. The van der Waals surface area contributed by atoms with E-state index in [1.54, 1.807) is 29.3 Å². The van der Waals surface area contributed by atoms with Crippen molar-refractivity contribution < 1.29 is 28.3 Å². The fourth-order valence-electron chi connectivity index (χ4n) is 11.4. The highest BCUT2D eigenvalue weighted by molar-refractivity contribution is 6.05. The number of amides is 4. The van der Waals surface area contributed by atoms with Gasteiger partial charge in [0.2, 0.25) is 11.8 Å². The van der Waals surface area contributed by atoms with E-state index in [4.69, 9.17) is 4.74 Å². The van der Waals surface area contributed by atoms with E-state index in [1.807, 2.05) is 24.3 Å². The molecule has 4 amide bonds. The zero-order chi connectivity index (χ0) is 42.4. The van der Waals surface area contributed by atoms with Gasteiger partial charge in [-0.05, 0) is 97.8 Å². The van der Waals surface area contributed by atoms with Crippen molar-refractivity contribution in [2.75, 3.05) is 55.6 Å². The van der Waals surface area contributed by atoms with Crippen molar-refractivity contribution in [3.05, 3.63) is 94.4 Å². The van der Waals surface area contributed by atoms with Crippen LogP contribution in [0.3, 0.4) is 0 Å². The Bertz CT molecular complexity index is 2560. The van der Waals surface area contributed by atoms with Crippen LogP contribution in [0, 0.1) is 28.5 Å². The Morgan fingerprint density at radius 1 is 0.967 bits per heavy atom. The average Bonchev–Trinajstić information content (AvgIpc) is 3.59. The van der Waals surface area contributed by atoms with E-state index < -0.39 is 28.6 Å². The molecule has 2 N–H and O–H groups in total. The van der Waals surface area contributed by atoms with Gasteiger partial charge >= 0.3 is 0 Å². The van der Waals surface area contributed by atoms with Crippen LogP contribution in [-0.2, 0) is 21.5 Å². The molecule has 1 aromatic heterocycles. The lowest BCUT2D eigenvalue weighted by Gasteiger charge is -2.66. The van der Waals surface area contributed by atoms with Crippen LogP contribution < -0.4 is 25.2 Å². The van der Waals surface area contributed by atoms with E-state index in [1.165, 1.54) is 6.07 Å². The summed E-state index contributed by atoms with van der Waals surface area (Å²) in [5, 5.41) is 16.1. The van der Waals surface area contributed by atoms with Crippen molar-refractivity contribution in [2.24, 2.45) is 11.3 Å². The third-order valence-corrected chi connectivity index (χ3v) is 14.6. The summed E-state index contributed by atoms with van der Waals surface area (Å²) >= 11 is 0. The zero-order valence-electron chi connectivity index (χ0n) is 34.7. The van der Waals surface area contributed by atoms with Gasteiger partial charge in [-0.3, -0.25) is 34.4 Å². The summed E-state index contributed by atoms with van der Waals surface area (Å²) in [5.41, 5.74) is 4.41. The second kappa shape index (κ2) is 14.5. The van der Waals surface area contributed by atoms with Gasteiger partial charge in [0.05, 0.1) is 28.2 Å². The molecule has 1 aliphatic carbocycles. The zero-order valence-corrected chi connectivity index (χ0v) is 34.7. The highest BCUT2D eigenvalue weighted by Crippen LogP contribution is 2.61. The number of hydrogen-bond acceptors (Lipinski definition) is 10. The van der Waals surface area contributed by atoms with E-state index in [2.05, 4.69) is 63.2 Å². The Morgan fingerprint density at radius 3 is 2.49 bits per heavy atom. The number of aromatic nitrogens is 1. The summed E-state index contributed by atoms with van der Waals surface area (Å²) in [6.07, 6.45) is 3.96. The van der Waals surface area contributed by atoms with Crippen molar-refractivity contribution in [1.29, 1.82) is 5.26 Å². The SMILES string of the molecule is CC1(C)C(NC(=O)c2ccc(N3CCC(CN4CCN(c5ccc6c(c5)CN([C@H]5CCC(=O)NC5=O)C6=O)CC4)CC3)c(F)c2)C2(C)c3ccnc4c(C#N)ccc(c34)O[C@@H]12. The number of fused-ring (bicyclic) bond motifs is 3. The molecule has 314 valence electrons. The molecule has 14 heteroatoms. The van der Waals surface area contributed by atoms with Crippen LogP contribution in [0.15, 0.2) is 60.8 Å². The molecule has 0 spiro atoms. The number of imide groups is 1. The van der Waals surface area contributed by atoms with Gasteiger partial charge in [0.15, 0.2) is 0 Å². The fraction of sp³-hybridized carbons (Fsp3) is 0.447. The van der Waals surface area contributed by atoms with E-state index in [0.717, 1.165) is 80.9 Å². The van der Waals surface area contributed by atoms with Crippen molar-refractivity contribution in [3.63, 3.8) is 0 Å². The number of nitriles is 1. The molecule has 2 unspecified atom stereocenters. The number of benzene rings is 3. The molecule has 3 aromatic carbocycles.